The van der Waals surface area contributed by atoms with Gasteiger partial charge in [-0.1, -0.05) is 45.0 Å². The molecular formula is C30H46N4O4. The van der Waals surface area contributed by atoms with Gasteiger partial charge in [-0.3, -0.25) is 4.79 Å². The van der Waals surface area contributed by atoms with Gasteiger partial charge in [-0.05, 0) is 67.2 Å². The molecule has 3 atom stereocenters. The quantitative estimate of drug-likeness (QED) is 0.335. The zero-order chi connectivity index (χ0) is 27.5. The number of fused-ring (bicyclic) bond motifs is 2. The van der Waals surface area contributed by atoms with Crippen molar-refractivity contribution in [1.82, 2.24) is 15.8 Å². The minimum atomic E-state index is -0.782. The van der Waals surface area contributed by atoms with Crippen LogP contribution in [-0.4, -0.2) is 46.5 Å². The normalized spacial score (nSPS) is 21.4. The van der Waals surface area contributed by atoms with Crippen LogP contribution in [0, 0.1) is 11.3 Å². The molecule has 3 rings (SSSR count). The van der Waals surface area contributed by atoms with E-state index in [0.717, 1.165) is 55.8 Å². The number of aliphatic hydroxyl groups is 2. The lowest BCUT2D eigenvalue weighted by Crippen LogP contribution is -2.48. The van der Waals surface area contributed by atoms with Crippen LogP contribution in [-0.2, 0) is 19.6 Å². The van der Waals surface area contributed by atoms with E-state index < -0.39 is 12.1 Å². The molecule has 1 aliphatic rings. The highest BCUT2D eigenvalue weighted by atomic mass is 16.5. The number of carbonyl (C=O) groups excluding carboxylic acids is 1. The Hall–Kier alpha value is -2.68. The zero-order valence-corrected chi connectivity index (χ0v) is 23.4. The molecule has 38 heavy (non-hydrogen) atoms. The molecule has 0 fully saturated rings. The molecule has 0 radical (unpaired) electrons. The molecule has 210 valence electrons. The number of nitrogens with one attached hydrogen (secondary N) is 3. The second-order valence-corrected chi connectivity index (χ2v) is 11.8. The van der Waals surface area contributed by atoms with E-state index in [1.54, 1.807) is 12.1 Å². The van der Waals surface area contributed by atoms with Gasteiger partial charge in [0.25, 0.3) is 5.91 Å². The number of carbonyl (C=O) groups is 1. The van der Waals surface area contributed by atoms with Gasteiger partial charge < -0.3 is 30.7 Å². The van der Waals surface area contributed by atoms with Crippen LogP contribution >= 0.6 is 0 Å². The van der Waals surface area contributed by atoms with Crippen LogP contribution in [0.2, 0.25) is 0 Å². The van der Waals surface area contributed by atoms with E-state index in [-0.39, 0.29) is 17.9 Å². The predicted octanol–water partition coefficient (Wildman–Crippen LogP) is 4.57. The molecule has 2 aromatic rings. The molecule has 1 aromatic heterocycles. The highest BCUT2D eigenvalue weighted by Gasteiger charge is 2.24. The summed E-state index contributed by atoms with van der Waals surface area (Å²) in [6, 6.07) is 6.90. The van der Waals surface area contributed by atoms with Gasteiger partial charge in [0.15, 0.2) is 0 Å². The van der Waals surface area contributed by atoms with Crippen molar-refractivity contribution in [2.45, 2.75) is 91.5 Å². The van der Waals surface area contributed by atoms with E-state index in [1.165, 1.54) is 0 Å². The number of hydrogen-bond donors (Lipinski definition) is 5. The predicted molar refractivity (Wildman–Crippen MR) is 151 cm³/mol. The second kappa shape index (κ2) is 14.5. The molecule has 1 amide bonds. The molecule has 0 saturated carbocycles. The summed E-state index contributed by atoms with van der Waals surface area (Å²) < 4.78 is 5.46. The number of amides is 1. The number of anilines is 1. The first-order chi connectivity index (χ1) is 18.1. The number of aliphatic hydroxyl groups excluding tert-OH is 2. The van der Waals surface area contributed by atoms with Gasteiger partial charge in [0.2, 0.25) is 0 Å². The van der Waals surface area contributed by atoms with Gasteiger partial charge >= 0.3 is 0 Å². The van der Waals surface area contributed by atoms with Crippen molar-refractivity contribution < 1.29 is 19.5 Å². The maximum atomic E-state index is 13.3. The third-order valence-corrected chi connectivity index (χ3v) is 6.72. The summed E-state index contributed by atoms with van der Waals surface area (Å²) in [4.78, 5) is 13.3. The molecule has 8 heteroatoms. The third-order valence-electron chi connectivity index (χ3n) is 6.72. The fraction of sp³-hybridized carbons (Fsp3) is 0.600. The summed E-state index contributed by atoms with van der Waals surface area (Å²) in [6.07, 6.45) is 9.08. The highest BCUT2D eigenvalue weighted by Crippen LogP contribution is 2.22. The van der Waals surface area contributed by atoms with Crippen molar-refractivity contribution in [2.24, 2.45) is 11.3 Å². The molecule has 2 bridgehead atoms. The monoisotopic (exact) mass is 526 g/mol. The van der Waals surface area contributed by atoms with Gasteiger partial charge in [-0.25, -0.2) is 0 Å². The number of rotatable bonds is 7. The van der Waals surface area contributed by atoms with Crippen LogP contribution in [0.1, 0.15) is 87.2 Å². The lowest BCUT2D eigenvalue weighted by molar-refractivity contribution is 0.0793. The third kappa shape index (κ3) is 10.2. The van der Waals surface area contributed by atoms with Gasteiger partial charge in [-0.15, -0.1) is 0 Å². The molecule has 0 saturated heterocycles. The summed E-state index contributed by atoms with van der Waals surface area (Å²) in [5.41, 5.74) is 2.86. The number of allylic oxidation sites excluding steroid dienone is 2. The van der Waals surface area contributed by atoms with Crippen molar-refractivity contribution in [3.8, 4) is 0 Å². The summed E-state index contributed by atoms with van der Waals surface area (Å²) in [5.74, 6) is 0.917. The fourth-order valence-corrected chi connectivity index (χ4v) is 4.74. The molecule has 2 heterocycles. The average molecular weight is 527 g/mol. The van der Waals surface area contributed by atoms with Gasteiger partial charge in [0, 0.05) is 43.4 Å². The van der Waals surface area contributed by atoms with Crippen LogP contribution in [0.3, 0.4) is 0 Å². The Morgan fingerprint density at radius 1 is 1.18 bits per heavy atom. The SMILES string of the molecule is C[C@@H]1CC/C=C/CCCNc2cc(CO)cc(c2)C(=O)N[C@H]([C@H](O)CNCc2cc(CC(C)(C)C)on2)C1. The minimum absolute atomic E-state index is 0.114. The smallest absolute Gasteiger partial charge is 0.251 e. The Labute approximate surface area is 227 Å². The topological polar surface area (TPSA) is 120 Å². The van der Waals surface area contributed by atoms with Crippen molar-refractivity contribution in [3.05, 3.63) is 59.0 Å². The minimum Gasteiger partial charge on any atom is -0.392 e. The Kier molecular flexibility index (Phi) is 11.4. The Bertz CT molecular complexity index is 1040. The largest absolute Gasteiger partial charge is 0.392 e. The molecule has 5 N–H and O–H groups in total. The van der Waals surface area contributed by atoms with Gasteiger partial charge in [-0.2, -0.15) is 0 Å². The Balaban J connectivity index is 1.68. The molecule has 0 spiro atoms. The maximum absolute atomic E-state index is 13.3. The molecule has 1 aromatic carbocycles. The van der Waals surface area contributed by atoms with E-state index in [9.17, 15) is 15.0 Å². The summed E-state index contributed by atoms with van der Waals surface area (Å²) in [6.45, 7) is 10.0. The molecule has 1 aliphatic heterocycles. The molecule has 8 nitrogen and oxygen atoms in total. The van der Waals surface area contributed by atoms with Gasteiger partial charge in [0.1, 0.15) is 5.76 Å². The average Bonchev–Trinajstić information content (AvgIpc) is 3.29. The zero-order valence-electron chi connectivity index (χ0n) is 23.4. The van der Waals surface area contributed by atoms with E-state index in [4.69, 9.17) is 4.52 Å². The van der Waals surface area contributed by atoms with Crippen molar-refractivity contribution in [3.63, 3.8) is 0 Å². The Morgan fingerprint density at radius 2 is 1.97 bits per heavy atom. The van der Waals surface area contributed by atoms with E-state index in [2.05, 4.69) is 61.0 Å². The van der Waals surface area contributed by atoms with Crippen molar-refractivity contribution in [2.75, 3.05) is 18.4 Å². The summed E-state index contributed by atoms with van der Waals surface area (Å²) in [5, 5.41) is 34.7. The molecule has 0 aliphatic carbocycles. The number of aromatic nitrogens is 1. The summed E-state index contributed by atoms with van der Waals surface area (Å²) >= 11 is 0. The van der Waals surface area contributed by atoms with Crippen molar-refractivity contribution in [1.29, 1.82) is 0 Å². The first-order valence-electron chi connectivity index (χ1n) is 13.9. The Morgan fingerprint density at radius 3 is 2.74 bits per heavy atom. The molecular weight excluding hydrogens is 480 g/mol. The van der Waals surface area contributed by atoms with E-state index in [1.807, 2.05) is 12.1 Å². The van der Waals surface area contributed by atoms with Crippen LogP contribution in [0.4, 0.5) is 5.69 Å². The number of benzene rings is 1. The number of nitrogens with zero attached hydrogens (tertiary/aromatic N) is 1. The van der Waals surface area contributed by atoms with E-state index >= 15 is 0 Å². The standard InChI is InChI=1S/C30H46N4O4/c1-21-10-8-6-5-7-9-11-32-24-14-22(20-35)13-23(15-24)29(37)33-27(12-21)28(36)19-31-18-25-16-26(38-34-25)17-30(2,3)4/h5-6,13-16,21,27-28,31-32,35-36H,7-12,17-20H2,1-4H3,(H,33,37)/b6-5+/t21-,27+,28-/m1/s1. The van der Waals surface area contributed by atoms with E-state index in [0.29, 0.717) is 36.6 Å². The van der Waals surface area contributed by atoms with Crippen molar-refractivity contribution >= 4 is 11.6 Å². The maximum Gasteiger partial charge on any atom is 0.251 e. The van der Waals surface area contributed by atoms with Crippen LogP contribution < -0.4 is 16.0 Å². The first kappa shape index (κ1) is 29.9. The lowest BCUT2D eigenvalue weighted by Gasteiger charge is -2.27. The van der Waals surface area contributed by atoms with Crippen LogP contribution in [0.5, 0.6) is 0 Å². The second-order valence-electron chi connectivity index (χ2n) is 11.8. The lowest BCUT2D eigenvalue weighted by atomic mass is 9.91. The highest BCUT2D eigenvalue weighted by molar-refractivity contribution is 5.95. The van der Waals surface area contributed by atoms with Gasteiger partial charge in [0.05, 0.1) is 24.4 Å². The first-order valence-corrected chi connectivity index (χ1v) is 13.9. The molecule has 0 unspecified atom stereocenters. The number of hydrogen-bond acceptors (Lipinski definition) is 7. The van der Waals surface area contributed by atoms with Crippen LogP contribution in [0.25, 0.3) is 0 Å². The summed E-state index contributed by atoms with van der Waals surface area (Å²) in [7, 11) is 0. The van der Waals surface area contributed by atoms with Crippen LogP contribution in [0.15, 0.2) is 40.9 Å². The fourth-order valence-electron chi connectivity index (χ4n) is 4.74.